The third-order valence-electron chi connectivity index (χ3n) is 8.61. The number of amides is 2. The van der Waals surface area contributed by atoms with Crippen LogP contribution in [0.1, 0.15) is 66.9 Å². The molecule has 0 aromatic carbocycles. The molecule has 7 heteroatoms. The van der Waals surface area contributed by atoms with Crippen LogP contribution in [0.5, 0.6) is 0 Å². The van der Waals surface area contributed by atoms with E-state index in [2.05, 4.69) is 24.1 Å². The summed E-state index contributed by atoms with van der Waals surface area (Å²) in [5, 5.41) is 3.17. The van der Waals surface area contributed by atoms with E-state index < -0.39 is 0 Å². The van der Waals surface area contributed by atoms with Crippen LogP contribution in [0, 0.1) is 29.1 Å². The van der Waals surface area contributed by atoms with Gasteiger partial charge in [0, 0.05) is 25.8 Å². The van der Waals surface area contributed by atoms with Crippen LogP contribution in [0.3, 0.4) is 0 Å². The van der Waals surface area contributed by atoms with Crippen molar-refractivity contribution < 1.29 is 9.59 Å². The highest BCUT2D eigenvalue weighted by Crippen LogP contribution is 2.61. The van der Waals surface area contributed by atoms with Crippen molar-refractivity contribution in [3.8, 4) is 0 Å². The molecule has 0 radical (unpaired) electrons. The van der Waals surface area contributed by atoms with Gasteiger partial charge in [0.15, 0.2) is 0 Å². The number of likely N-dealkylation sites (tertiary alicyclic amines) is 1. The maximum atomic E-state index is 13.1. The summed E-state index contributed by atoms with van der Waals surface area (Å²) in [6, 6.07) is 5.47. The summed E-state index contributed by atoms with van der Waals surface area (Å²) in [6.07, 6.45) is 7.51. The molecule has 4 atom stereocenters. The number of imidazole rings is 1. The van der Waals surface area contributed by atoms with Gasteiger partial charge < -0.3 is 16.0 Å². The van der Waals surface area contributed by atoms with Gasteiger partial charge in [0.25, 0.3) is 11.8 Å². The summed E-state index contributed by atoms with van der Waals surface area (Å²) < 4.78 is 1.75. The van der Waals surface area contributed by atoms with Gasteiger partial charge in [-0.2, -0.15) is 0 Å². The van der Waals surface area contributed by atoms with E-state index >= 15 is 0 Å². The molecule has 1 saturated heterocycles. The highest BCUT2D eigenvalue weighted by Gasteiger charge is 2.53. The molecule has 172 valence electrons. The van der Waals surface area contributed by atoms with Gasteiger partial charge in [0.1, 0.15) is 17.0 Å². The summed E-state index contributed by atoms with van der Waals surface area (Å²) >= 11 is 0. The predicted molar refractivity (Wildman–Crippen MR) is 123 cm³/mol. The van der Waals surface area contributed by atoms with Gasteiger partial charge in [-0.15, -0.1) is 0 Å². The minimum Gasteiger partial charge on any atom is -0.350 e. The van der Waals surface area contributed by atoms with Crippen LogP contribution in [0.4, 0.5) is 0 Å². The Morgan fingerprint density at radius 1 is 1.25 bits per heavy atom. The van der Waals surface area contributed by atoms with Gasteiger partial charge in [0.05, 0.1) is 0 Å². The summed E-state index contributed by atoms with van der Waals surface area (Å²) in [7, 11) is 0. The first-order valence-corrected chi connectivity index (χ1v) is 12.1. The van der Waals surface area contributed by atoms with Gasteiger partial charge in [-0.1, -0.05) is 19.9 Å². The number of fused-ring (bicyclic) bond motifs is 3. The number of carbonyl (C=O) groups is 2. The van der Waals surface area contributed by atoms with E-state index in [1.165, 1.54) is 19.3 Å². The van der Waals surface area contributed by atoms with Crippen molar-refractivity contribution in [2.75, 3.05) is 26.2 Å². The van der Waals surface area contributed by atoms with Crippen molar-refractivity contribution in [2.45, 2.75) is 46.0 Å². The smallest absolute Gasteiger partial charge is 0.274 e. The Kier molecular flexibility index (Phi) is 5.48. The maximum Gasteiger partial charge on any atom is 0.274 e. The standard InChI is InChI=1S/C25H35N5O2/c1-25(2)18-9-8-17(19(25)11-18)13-27-23(31)21-6-3-7-22-28-20(15-30(21)22)24(32)29-10-4-5-16(12-26)14-29/h3,6-7,15-19H,4-5,8-14,26H2,1-2H3,(H,27,31)/t16?,17-,18-,19+/m0/s1. The minimum atomic E-state index is -0.104. The molecular formula is C25H35N5O2. The van der Waals surface area contributed by atoms with E-state index in [1.807, 2.05) is 17.0 Å². The minimum absolute atomic E-state index is 0.0813. The molecule has 1 unspecified atom stereocenters. The van der Waals surface area contributed by atoms with Gasteiger partial charge in [0.2, 0.25) is 0 Å². The highest BCUT2D eigenvalue weighted by molar-refractivity contribution is 5.95. The zero-order valence-electron chi connectivity index (χ0n) is 19.2. The molecule has 3 N–H and O–H groups in total. The molecule has 2 aromatic heterocycles. The number of hydrogen-bond acceptors (Lipinski definition) is 4. The Labute approximate surface area is 189 Å². The number of rotatable bonds is 5. The van der Waals surface area contributed by atoms with Crippen LogP contribution >= 0.6 is 0 Å². The van der Waals surface area contributed by atoms with Crippen molar-refractivity contribution >= 4 is 17.5 Å². The second-order valence-corrected chi connectivity index (χ2v) is 10.7. The SMILES string of the molecule is CC1(C)[C@H]2CC[C@@H](CNC(=O)c3cccc4nc(C(=O)N5CCCC(CN)C5)cn34)[C@H]1C2. The normalized spacial score (nSPS) is 28.9. The highest BCUT2D eigenvalue weighted by atomic mass is 16.2. The second-order valence-electron chi connectivity index (χ2n) is 10.7. The molecule has 3 saturated carbocycles. The number of aromatic nitrogens is 2. The van der Waals surface area contributed by atoms with Crippen molar-refractivity contribution in [3.63, 3.8) is 0 Å². The fourth-order valence-corrected chi connectivity index (χ4v) is 6.42. The second kappa shape index (κ2) is 8.18. The largest absolute Gasteiger partial charge is 0.350 e. The zero-order chi connectivity index (χ0) is 22.5. The lowest BCUT2D eigenvalue weighted by Crippen LogP contribution is -2.54. The molecule has 2 aromatic rings. The predicted octanol–water partition coefficient (Wildman–Crippen LogP) is 2.95. The first-order valence-electron chi connectivity index (χ1n) is 12.1. The van der Waals surface area contributed by atoms with E-state index in [1.54, 1.807) is 16.7 Å². The third kappa shape index (κ3) is 3.60. The van der Waals surface area contributed by atoms with Crippen molar-refractivity contribution in [3.05, 3.63) is 35.8 Å². The maximum absolute atomic E-state index is 13.1. The summed E-state index contributed by atoms with van der Waals surface area (Å²) in [5.41, 5.74) is 7.76. The molecule has 7 nitrogen and oxygen atoms in total. The fourth-order valence-electron chi connectivity index (χ4n) is 6.42. The molecular weight excluding hydrogens is 402 g/mol. The molecule has 6 rings (SSSR count). The lowest BCUT2D eigenvalue weighted by molar-refractivity contribution is -0.103. The first-order chi connectivity index (χ1) is 15.4. The van der Waals surface area contributed by atoms with Crippen LogP contribution in [0.2, 0.25) is 0 Å². The number of piperidine rings is 1. The number of nitrogens with one attached hydrogen (secondary N) is 1. The van der Waals surface area contributed by atoms with Gasteiger partial charge in [-0.3, -0.25) is 14.0 Å². The third-order valence-corrected chi connectivity index (χ3v) is 8.61. The molecule has 2 bridgehead atoms. The monoisotopic (exact) mass is 437 g/mol. The van der Waals surface area contributed by atoms with E-state index in [4.69, 9.17) is 5.73 Å². The first kappa shape index (κ1) is 21.4. The van der Waals surface area contributed by atoms with Crippen LogP contribution in [0.25, 0.3) is 5.65 Å². The molecule has 4 aliphatic rings. The lowest BCUT2D eigenvalue weighted by Gasteiger charge is -2.60. The molecule has 3 heterocycles. The van der Waals surface area contributed by atoms with E-state index in [-0.39, 0.29) is 11.8 Å². The van der Waals surface area contributed by atoms with E-state index in [0.717, 1.165) is 25.3 Å². The van der Waals surface area contributed by atoms with Crippen LogP contribution in [0.15, 0.2) is 24.4 Å². The summed E-state index contributed by atoms with van der Waals surface area (Å²) in [5.74, 6) is 2.27. The fraction of sp³-hybridized carbons (Fsp3) is 0.640. The van der Waals surface area contributed by atoms with Crippen LogP contribution < -0.4 is 11.1 Å². The Bertz CT molecular complexity index is 1030. The molecule has 1 aliphatic heterocycles. The topological polar surface area (TPSA) is 92.7 Å². The van der Waals surface area contributed by atoms with Crippen molar-refractivity contribution in [1.82, 2.24) is 19.6 Å². The molecule has 4 fully saturated rings. The Hall–Kier alpha value is -2.41. The number of hydrogen-bond donors (Lipinski definition) is 2. The lowest BCUT2D eigenvalue weighted by atomic mass is 9.45. The van der Waals surface area contributed by atoms with Gasteiger partial charge >= 0.3 is 0 Å². The van der Waals surface area contributed by atoms with Crippen molar-refractivity contribution in [2.24, 2.45) is 34.8 Å². The molecule has 2 amide bonds. The average Bonchev–Trinajstić information content (AvgIpc) is 3.26. The number of carbonyl (C=O) groups excluding carboxylic acids is 2. The van der Waals surface area contributed by atoms with E-state index in [0.29, 0.717) is 59.8 Å². The van der Waals surface area contributed by atoms with Crippen molar-refractivity contribution in [1.29, 1.82) is 0 Å². The van der Waals surface area contributed by atoms with Gasteiger partial charge in [-0.25, -0.2) is 4.98 Å². The Morgan fingerprint density at radius 2 is 2.09 bits per heavy atom. The van der Waals surface area contributed by atoms with Crippen LogP contribution in [-0.4, -0.2) is 52.3 Å². The average molecular weight is 438 g/mol. The van der Waals surface area contributed by atoms with Gasteiger partial charge in [-0.05, 0) is 79.9 Å². The molecule has 0 spiro atoms. The van der Waals surface area contributed by atoms with Crippen LogP contribution in [-0.2, 0) is 0 Å². The summed E-state index contributed by atoms with van der Waals surface area (Å²) in [4.78, 5) is 32.5. The molecule has 32 heavy (non-hydrogen) atoms. The Balaban J connectivity index is 1.30. The number of nitrogens with two attached hydrogens (primary N) is 1. The number of pyridine rings is 1. The summed E-state index contributed by atoms with van der Waals surface area (Å²) in [6.45, 7) is 7.47. The zero-order valence-corrected chi connectivity index (χ0v) is 19.2. The number of nitrogens with zero attached hydrogens (tertiary/aromatic N) is 3. The Morgan fingerprint density at radius 3 is 2.84 bits per heavy atom. The molecule has 3 aliphatic carbocycles. The quantitative estimate of drug-likeness (QED) is 0.752. The van der Waals surface area contributed by atoms with E-state index in [9.17, 15) is 9.59 Å².